The van der Waals surface area contributed by atoms with Crippen LogP contribution in [-0.2, 0) is 23.0 Å². The number of likely N-dealkylation sites (N-methyl/N-ethyl adjacent to an activating group) is 1. The van der Waals surface area contributed by atoms with Crippen molar-refractivity contribution in [3.63, 3.8) is 0 Å². The SMILES string of the molecule is CC(=O)[C@]1(CC(=O)c2ccco2)OC[C@@H]2[C@H]1C[C@H]1c3c(c4ccccc4n3C)C[C@@H]2N1C. The van der Waals surface area contributed by atoms with Gasteiger partial charge < -0.3 is 13.7 Å². The van der Waals surface area contributed by atoms with E-state index in [2.05, 4.69) is 47.8 Å². The van der Waals surface area contributed by atoms with Crippen molar-refractivity contribution >= 4 is 22.5 Å². The number of nitrogens with zero attached hydrogens (tertiary/aromatic N) is 2. The number of piperidine rings is 1. The zero-order valence-corrected chi connectivity index (χ0v) is 18.7. The van der Waals surface area contributed by atoms with Gasteiger partial charge in [0.1, 0.15) is 5.60 Å². The molecule has 32 heavy (non-hydrogen) atoms. The number of carbonyl (C=O) groups excluding carboxylic acids is 2. The molecule has 6 rings (SSSR count). The van der Waals surface area contributed by atoms with Crippen LogP contribution in [0.25, 0.3) is 10.9 Å². The molecule has 2 saturated heterocycles. The molecule has 6 heteroatoms. The van der Waals surface area contributed by atoms with Crippen LogP contribution in [0.4, 0.5) is 0 Å². The smallest absolute Gasteiger partial charge is 0.201 e. The van der Waals surface area contributed by atoms with Crippen LogP contribution in [-0.4, -0.2) is 46.3 Å². The zero-order valence-electron chi connectivity index (χ0n) is 18.7. The number of hydrogen-bond donors (Lipinski definition) is 0. The lowest BCUT2D eigenvalue weighted by atomic mass is 9.64. The first-order valence-electron chi connectivity index (χ1n) is 11.4. The molecule has 0 spiro atoms. The summed E-state index contributed by atoms with van der Waals surface area (Å²) in [4.78, 5) is 28.5. The summed E-state index contributed by atoms with van der Waals surface area (Å²) in [5, 5.41) is 1.33. The molecule has 166 valence electrons. The lowest BCUT2D eigenvalue weighted by Crippen LogP contribution is -2.57. The number of aryl methyl sites for hydroxylation is 1. The normalized spacial score (nSPS) is 31.5. The predicted octanol–water partition coefficient (Wildman–Crippen LogP) is 3.94. The first-order valence-corrected chi connectivity index (χ1v) is 11.4. The Morgan fingerprint density at radius 1 is 1.16 bits per heavy atom. The molecule has 5 atom stereocenters. The van der Waals surface area contributed by atoms with Gasteiger partial charge in [-0.15, -0.1) is 0 Å². The van der Waals surface area contributed by atoms with E-state index in [4.69, 9.17) is 9.15 Å². The first-order chi connectivity index (χ1) is 15.4. The number of para-hydroxylation sites is 1. The third-order valence-electron chi connectivity index (χ3n) is 8.44. The summed E-state index contributed by atoms with van der Waals surface area (Å²) in [6, 6.07) is 12.5. The van der Waals surface area contributed by atoms with E-state index in [9.17, 15) is 9.59 Å². The van der Waals surface area contributed by atoms with Crippen LogP contribution >= 0.6 is 0 Å². The van der Waals surface area contributed by atoms with E-state index in [1.165, 1.54) is 28.4 Å². The van der Waals surface area contributed by atoms with Crippen LogP contribution in [0.2, 0.25) is 0 Å². The summed E-state index contributed by atoms with van der Waals surface area (Å²) < 4.78 is 14.0. The fourth-order valence-electron chi connectivity index (χ4n) is 6.87. The second-order valence-electron chi connectivity index (χ2n) is 9.73. The van der Waals surface area contributed by atoms with Gasteiger partial charge in [-0.1, -0.05) is 18.2 Å². The Bertz CT molecular complexity index is 1230. The lowest BCUT2D eigenvalue weighted by Gasteiger charge is -2.51. The molecule has 0 N–H and O–H groups in total. The van der Waals surface area contributed by atoms with Crippen LogP contribution in [0.3, 0.4) is 0 Å². The van der Waals surface area contributed by atoms with Gasteiger partial charge in [0, 0.05) is 41.5 Å². The monoisotopic (exact) mass is 432 g/mol. The second-order valence-corrected chi connectivity index (χ2v) is 9.73. The summed E-state index contributed by atoms with van der Waals surface area (Å²) in [5.41, 5.74) is 2.95. The van der Waals surface area contributed by atoms with E-state index < -0.39 is 5.60 Å². The van der Waals surface area contributed by atoms with E-state index in [1.807, 2.05) is 0 Å². The van der Waals surface area contributed by atoms with E-state index in [1.54, 1.807) is 19.1 Å². The number of benzene rings is 1. The van der Waals surface area contributed by atoms with E-state index in [-0.39, 0.29) is 41.9 Å². The average Bonchev–Trinajstić information content (AvgIpc) is 3.48. The molecular formula is C26H28N2O4. The van der Waals surface area contributed by atoms with Gasteiger partial charge >= 0.3 is 0 Å². The Morgan fingerprint density at radius 2 is 1.97 bits per heavy atom. The number of ketones is 2. The van der Waals surface area contributed by atoms with Crippen molar-refractivity contribution in [2.24, 2.45) is 18.9 Å². The summed E-state index contributed by atoms with van der Waals surface area (Å²) in [6.07, 6.45) is 3.28. The van der Waals surface area contributed by atoms with Gasteiger partial charge in [0.25, 0.3) is 0 Å². The van der Waals surface area contributed by atoms with Gasteiger partial charge in [0.05, 0.1) is 25.3 Å². The van der Waals surface area contributed by atoms with Gasteiger partial charge in [-0.25, -0.2) is 0 Å². The number of fused-ring (bicyclic) bond motifs is 8. The summed E-state index contributed by atoms with van der Waals surface area (Å²) >= 11 is 0. The molecular weight excluding hydrogens is 404 g/mol. The third kappa shape index (κ3) is 2.54. The van der Waals surface area contributed by atoms with Gasteiger partial charge in [-0.2, -0.15) is 0 Å². The molecule has 2 fully saturated rings. The highest BCUT2D eigenvalue weighted by molar-refractivity contribution is 5.99. The Labute approximate surface area is 187 Å². The molecule has 0 radical (unpaired) electrons. The maximum Gasteiger partial charge on any atom is 0.201 e. The van der Waals surface area contributed by atoms with E-state index in [0.29, 0.717) is 12.4 Å². The molecule has 0 amide bonds. The minimum Gasteiger partial charge on any atom is -0.461 e. The molecule has 3 aliphatic heterocycles. The largest absolute Gasteiger partial charge is 0.461 e. The van der Waals surface area contributed by atoms with E-state index >= 15 is 0 Å². The molecule has 0 unspecified atom stereocenters. The third-order valence-corrected chi connectivity index (χ3v) is 8.44. The summed E-state index contributed by atoms with van der Waals surface area (Å²) in [5.74, 6) is 0.305. The molecule has 2 bridgehead atoms. The van der Waals surface area contributed by atoms with Gasteiger partial charge in [0.2, 0.25) is 5.78 Å². The van der Waals surface area contributed by atoms with Crippen molar-refractivity contribution in [3.05, 3.63) is 59.7 Å². The molecule has 5 heterocycles. The van der Waals surface area contributed by atoms with Crippen molar-refractivity contribution in [3.8, 4) is 0 Å². The van der Waals surface area contributed by atoms with Gasteiger partial charge in [-0.05, 0) is 50.6 Å². The van der Waals surface area contributed by atoms with Gasteiger partial charge in [0.15, 0.2) is 11.5 Å². The molecule has 2 aromatic heterocycles. The van der Waals surface area contributed by atoms with Crippen molar-refractivity contribution in [1.82, 2.24) is 9.47 Å². The number of furan rings is 1. The average molecular weight is 433 g/mol. The number of carbonyl (C=O) groups is 2. The highest BCUT2D eigenvalue weighted by Gasteiger charge is 2.61. The number of hydrogen-bond acceptors (Lipinski definition) is 5. The number of Topliss-reactive ketones (excluding diaryl/α,β-unsaturated/α-hetero) is 2. The number of rotatable bonds is 4. The maximum absolute atomic E-state index is 13.1. The molecule has 1 aromatic carbocycles. The maximum atomic E-state index is 13.1. The van der Waals surface area contributed by atoms with Crippen LogP contribution in [0.5, 0.6) is 0 Å². The molecule has 6 nitrogen and oxygen atoms in total. The minimum atomic E-state index is -1.08. The van der Waals surface area contributed by atoms with Crippen LogP contribution in [0.1, 0.15) is 47.6 Å². The van der Waals surface area contributed by atoms with Crippen molar-refractivity contribution in [2.45, 2.75) is 43.9 Å². The molecule has 3 aromatic rings. The topological polar surface area (TPSA) is 64.7 Å². The Balaban J connectivity index is 1.43. The van der Waals surface area contributed by atoms with Gasteiger partial charge in [-0.3, -0.25) is 14.5 Å². The van der Waals surface area contributed by atoms with Crippen LogP contribution in [0.15, 0.2) is 47.1 Å². The second kappa shape index (κ2) is 6.90. The highest BCUT2D eigenvalue weighted by atomic mass is 16.5. The molecule has 0 aliphatic carbocycles. The number of ether oxygens (including phenoxy) is 1. The molecule has 3 aliphatic rings. The quantitative estimate of drug-likeness (QED) is 0.585. The fourth-order valence-corrected chi connectivity index (χ4v) is 6.87. The first kappa shape index (κ1) is 19.9. The summed E-state index contributed by atoms with van der Waals surface area (Å²) in [6.45, 7) is 2.09. The Kier molecular flexibility index (Phi) is 4.30. The lowest BCUT2D eigenvalue weighted by molar-refractivity contribution is -0.141. The fraction of sp³-hybridized carbons (Fsp3) is 0.462. The number of aromatic nitrogens is 1. The van der Waals surface area contributed by atoms with E-state index in [0.717, 1.165) is 12.8 Å². The Morgan fingerprint density at radius 3 is 2.72 bits per heavy atom. The van der Waals surface area contributed by atoms with Crippen molar-refractivity contribution in [1.29, 1.82) is 0 Å². The predicted molar refractivity (Wildman–Crippen MR) is 120 cm³/mol. The van der Waals surface area contributed by atoms with Crippen molar-refractivity contribution < 1.29 is 18.7 Å². The van der Waals surface area contributed by atoms with Crippen LogP contribution < -0.4 is 0 Å². The van der Waals surface area contributed by atoms with Crippen LogP contribution in [0, 0.1) is 11.8 Å². The standard InChI is InChI=1S/C26H28N2O4/c1-15(29)26(13-23(30)24-9-6-10-31-24)19-12-22-25-17(11-21(27(22)2)18(19)14-32-26)16-7-4-5-8-20(16)28(25)3/h4-10,18-19,21-22H,11-14H2,1-3H3/t18-,19-,21+,22+,26+/m1/s1. The zero-order chi connectivity index (χ0) is 22.2. The Hall–Kier alpha value is -2.70. The highest BCUT2D eigenvalue weighted by Crippen LogP contribution is 2.55. The van der Waals surface area contributed by atoms with Crippen molar-refractivity contribution in [2.75, 3.05) is 13.7 Å². The summed E-state index contributed by atoms with van der Waals surface area (Å²) in [7, 11) is 4.35. The minimum absolute atomic E-state index is 0.0104. The molecule has 0 saturated carbocycles.